The molecule has 1 atom stereocenters. The number of rotatable bonds is 10. The van der Waals surface area contributed by atoms with Gasteiger partial charge in [-0.05, 0) is 84.8 Å². The van der Waals surface area contributed by atoms with Crippen LogP contribution in [0.1, 0.15) is 43.5 Å². The molecule has 0 spiro atoms. The Morgan fingerprint density at radius 3 is 2.37 bits per heavy atom. The first-order valence-corrected chi connectivity index (χ1v) is 15.8. The summed E-state index contributed by atoms with van der Waals surface area (Å²) in [6, 6.07) is 19.9. The molecule has 10 heteroatoms. The number of nitrogens with zero attached hydrogens (tertiary/aromatic N) is 2. The number of benzene rings is 3. The number of ether oxygens (including phenoxy) is 4. The predicted molar refractivity (Wildman–Crippen MR) is 176 cm³/mol. The molecule has 0 saturated heterocycles. The van der Waals surface area contributed by atoms with Gasteiger partial charge < -0.3 is 18.9 Å². The number of aromatic nitrogens is 1. The summed E-state index contributed by atoms with van der Waals surface area (Å²) in [6.07, 6.45) is 1.82. The predicted octanol–water partition coefficient (Wildman–Crippen LogP) is 5.35. The van der Waals surface area contributed by atoms with Gasteiger partial charge in [-0.1, -0.05) is 53.8 Å². The third kappa shape index (κ3) is 6.25. The Kier molecular flexibility index (Phi) is 9.66. The van der Waals surface area contributed by atoms with E-state index in [1.165, 1.54) is 11.3 Å². The Labute approximate surface area is 267 Å². The van der Waals surface area contributed by atoms with Gasteiger partial charge in [0.15, 0.2) is 16.3 Å². The van der Waals surface area contributed by atoms with Gasteiger partial charge in [-0.3, -0.25) is 9.36 Å². The normalized spacial score (nSPS) is 14.6. The van der Waals surface area contributed by atoms with Gasteiger partial charge in [0.2, 0.25) is 0 Å². The number of hydrogen-bond acceptors (Lipinski definition) is 8. The average molecular weight is 711 g/mol. The zero-order valence-corrected chi connectivity index (χ0v) is 27.2. The largest absolute Gasteiger partial charge is 0.494 e. The fourth-order valence-corrected chi connectivity index (χ4v) is 6.71. The maximum Gasteiger partial charge on any atom is 0.338 e. The molecule has 0 saturated carbocycles. The van der Waals surface area contributed by atoms with Gasteiger partial charge in [0.25, 0.3) is 5.56 Å². The summed E-state index contributed by atoms with van der Waals surface area (Å²) in [4.78, 5) is 33.2. The minimum Gasteiger partial charge on any atom is -0.494 e. The fraction of sp³-hybridized carbons (Fsp3) is 0.242. The van der Waals surface area contributed by atoms with Crippen molar-refractivity contribution in [1.29, 1.82) is 0 Å². The summed E-state index contributed by atoms with van der Waals surface area (Å²) in [7, 11) is 1.59. The molecule has 8 nitrogen and oxygen atoms in total. The van der Waals surface area contributed by atoms with Crippen LogP contribution < -0.4 is 29.1 Å². The first kappa shape index (κ1) is 30.6. The lowest BCUT2D eigenvalue weighted by Gasteiger charge is -2.26. The molecule has 2 heterocycles. The van der Waals surface area contributed by atoms with Gasteiger partial charge in [-0.25, -0.2) is 9.79 Å². The molecule has 222 valence electrons. The van der Waals surface area contributed by atoms with E-state index in [0.717, 1.165) is 20.3 Å². The van der Waals surface area contributed by atoms with E-state index >= 15 is 0 Å². The van der Waals surface area contributed by atoms with Crippen molar-refractivity contribution in [1.82, 2.24) is 4.57 Å². The van der Waals surface area contributed by atoms with Crippen LogP contribution >= 0.6 is 33.9 Å². The molecule has 0 N–H and O–H groups in total. The Bertz CT molecular complexity index is 1850. The number of halogens is 1. The van der Waals surface area contributed by atoms with Gasteiger partial charge in [-0.15, -0.1) is 0 Å². The monoisotopic (exact) mass is 710 g/mol. The third-order valence-electron chi connectivity index (χ3n) is 6.72. The highest BCUT2D eigenvalue weighted by Crippen LogP contribution is 2.36. The summed E-state index contributed by atoms with van der Waals surface area (Å²) < 4.78 is 25.5. The molecule has 0 bridgehead atoms. The highest BCUT2D eigenvalue weighted by Gasteiger charge is 2.35. The van der Waals surface area contributed by atoms with E-state index in [2.05, 4.69) is 22.6 Å². The molecule has 1 aliphatic rings. The molecule has 0 radical (unpaired) electrons. The third-order valence-corrected chi connectivity index (χ3v) is 8.50. The van der Waals surface area contributed by atoms with E-state index < -0.39 is 12.0 Å². The van der Waals surface area contributed by atoms with Crippen molar-refractivity contribution in [2.45, 2.75) is 26.8 Å². The van der Waals surface area contributed by atoms with Crippen molar-refractivity contribution in [3.05, 3.63) is 112 Å². The smallest absolute Gasteiger partial charge is 0.338 e. The van der Waals surface area contributed by atoms with Crippen LogP contribution in [-0.2, 0) is 9.53 Å². The average Bonchev–Trinajstić information content (AvgIpc) is 3.32. The lowest BCUT2D eigenvalue weighted by Crippen LogP contribution is -2.40. The molecular weight excluding hydrogens is 679 g/mol. The van der Waals surface area contributed by atoms with Crippen molar-refractivity contribution in [2.75, 3.05) is 26.9 Å². The number of carbonyl (C=O) groups is 1. The van der Waals surface area contributed by atoms with Crippen LogP contribution in [-0.4, -0.2) is 37.5 Å². The van der Waals surface area contributed by atoms with Gasteiger partial charge in [0.1, 0.15) is 5.75 Å². The van der Waals surface area contributed by atoms with E-state index in [9.17, 15) is 9.59 Å². The summed E-state index contributed by atoms with van der Waals surface area (Å²) in [6.45, 7) is 6.80. The van der Waals surface area contributed by atoms with Crippen LogP contribution in [0, 0.1) is 3.57 Å². The molecule has 5 rings (SSSR count). The highest BCUT2D eigenvalue weighted by molar-refractivity contribution is 14.1. The minimum absolute atomic E-state index is 0.184. The Balaban J connectivity index is 1.77. The fourth-order valence-electron chi connectivity index (χ4n) is 4.93. The van der Waals surface area contributed by atoms with Crippen molar-refractivity contribution >= 4 is 51.7 Å². The first-order chi connectivity index (χ1) is 20.9. The maximum absolute atomic E-state index is 14.2. The molecule has 43 heavy (non-hydrogen) atoms. The van der Waals surface area contributed by atoms with Crippen LogP contribution in [0.3, 0.4) is 0 Å². The Morgan fingerprint density at radius 1 is 1.00 bits per heavy atom. The van der Waals surface area contributed by atoms with E-state index in [4.69, 9.17) is 23.9 Å². The van der Waals surface area contributed by atoms with E-state index in [1.807, 2.05) is 86.7 Å². The second-order valence-electron chi connectivity index (χ2n) is 9.40. The summed E-state index contributed by atoms with van der Waals surface area (Å²) in [5.41, 5.74) is 2.78. The molecule has 0 amide bonds. The maximum atomic E-state index is 14.2. The zero-order chi connectivity index (χ0) is 30.5. The van der Waals surface area contributed by atoms with Crippen LogP contribution in [0.5, 0.6) is 17.2 Å². The van der Waals surface area contributed by atoms with Crippen molar-refractivity contribution in [3.63, 3.8) is 0 Å². The number of thiazole rings is 1. The standard InChI is InChI=1S/C33H31IN2O6S/c1-5-40-23-15-13-22(14-16-23)29-27(32(38)42-7-3)28(21-11-9-8-10-12-21)35-33-36(29)31(37)26(43-33)19-20-17-24(34)30(41-6-2)25(18-20)39-4/h8-19,29H,5-7H2,1-4H3/b26-19-/t29-/m1/s1. The second-order valence-corrected chi connectivity index (χ2v) is 11.6. The molecule has 4 aromatic rings. The lowest BCUT2D eigenvalue weighted by molar-refractivity contribution is -0.138. The summed E-state index contributed by atoms with van der Waals surface area (Å²) >= 11 is 3.47. The van der Waals surface area contributed by atoms with E-state index in [-0.39, 0.29) is 12.2 Å². The topological polar surface area (TPSA) is 88.4 Å². The lowest BCUT2D eigenvalue weighted by atomic mass is 9.93. The second kappa shape index (κ2) is 13.6. The first-order valence-electron chi connectivity index (χ1n) is 13.9. The summed E-state index contributed by atoms with van der Waals surface area (Å²) in [5.74, 6) is 1.41. The quantitative estimate of drug-likeness (QED) is 0.163. The van der Waals surface area contributed by atoms with Gasteiger partial charge in [0.05, 0.1) is 52.3 Å². The van der Waals surface area contributed by atoms with Gasteiger partial charge >= 0.3 is 5.97 Å². The SMILES string of the molecule is CCOC(=O)C1=C(c2ccccc2)N=c2s/c(=C\c3cc(I)c(OCC)c(OC)c3)c(=O)n2[C@@H]1c1ccc(OCC)cc1. The number of methoxy groups -OCH3 is 1. The Hall–Kier alpha value is -3.90. The molecule has 0 fully saturated rings. The number of esters is 1. The van der Waals surface area contributed by atoms with Crippen molar-refractivity contribution in [2.24, 2.45) is 4.99 Å². The number of fused-ring (bicyclic) bond motifs is 1. The van der Waals surface area contributed by atoms with Crippen LogP contribution in [0.15, 0.2) is 82.1 Å². The van der Waals surface area contributed by atoms with Crippen molar-refractivity contribution < 1.29 is 23.7 Å². The molecule has 0 aliphatic carbocycles. The van der Waals surface area contributed by atoms with Crippen LogP contribution in [0.4, 0.5) is 0 Å². The van der Waals surface area contributed by atoms with E-state index in [1.54, 1.807) is 18.6 Å². The zero-order valence-electron chi connectivity index (χ0n) is 24.3. The summed E-state index contributed by atoms with van der Waals surface area (Å²) in [5, 5.41) is 0. The molecule has 3 aromatic carbocycles. The van der Waals surface area contributed by atoms with E-state index in [0.29, 0.717) is 51.1 Å². The molecule has 1 aliphatic heterocycles. The van der Waals surface area contributed by atoms with Crippen molar-refractivity contribution in [3.8, 4) is 17.2 Å². The molecular formula is C33H31IN2O6S. The minimum atomic E-state index is -0.765. The highest BCUT2D eigenvalue weighted by atomic mass is 127. The molecule has 0 unspecified atom stereocenters. The van der Waals surface area contributed by atoms with Crippen LogP contribution in [0.25, 0.3) is 11.8 Å². The van der Waals surface area contributed by atoms with Gasteiger partial charge in [0, 0.05) is 5.56 Å². The van der Waals surface area contributed by atoms with Crippen LogP contribution in [0.2, 0.25) is 0 Å². The molecule has 1 aromatic heterocycles. The Morgan fingerprint density at radius 2 is 1.72 bits per heavy atom. The van der Waals surface area contributed by atoms with Gasteiger partial charge in [-0.2, -0.15) is 0 Å². The number of hydrogen-bond donors (Lipinski definition) is 0. The number of carbonyl (C=O) groups excluding carboxylic acids is 1.